The van der Waals surface area contributed by atoms with E-state index >= 15 is 0 Å². The number of ether oxygens (including phenoxy) is 1. The van der Waals surface area contributed by atoms with Gasteiger partial charge in [0.1, 0.15) is 0 Å². The average molecular weight is 302 g/mol. The standard InChI is InChI=1S/C15H11FN2O2S/c1-20-12-4-2-3-11(14(12)16)18-15(19)9-5-6-10-13(7-9)21-8-17-10/h2-8H,1H3,(H,18,19). The van der Waals surface area contributed by atoms with Gasteiger partial charge in [-0.25, -0.2) is 9.37 Å². The minimum absolute atomic E-state index is 0.0868. The fourth-order valence-electron chi connectivity index (χ4n) is 1.96. The van der Waals surface area contributed by atoms with E-state index < -0.39 is 5.82 Å². The summed E-state index contributed by atoms with van der Waals surface area (Å²) >= 11 is 1.45. The van der Waals surface area contributed by atoms with Crippen molar-refractivity contribution < 1.29 is 13.9 Å². The van der Waals surface area contributed by atoms with E-state index in [1.54, 1.807) is 29.8 Å². The van der Waals surface area contributed by atoms with E-state index in [0.29, 0.717) is 5.56 Å². The molecule has 0 aliphatic rings. The number of hydrogen-bond donors (Lipinski definition) is 1. The molecule has 106 valence electrons. The molecule has 0 atom stereocenters. The lowest BCUT2D eigenvalue weighted by molar-refractivity contribution is 0.102. The maximum Gasteiger partial charge on any atom is 0.255 e. The van der Waals surface area contributed by atoms with E-state index in [1.807, 2.05) is 0 Å². The van der Waals surface area contributed by atoms with Crippen LogP contribution in [0.25, 0.3) is 10.2 Å². The average Bonchev–Trinajstić information content (AvgIpc) is 2.96. The van der Waals surface area contributed by atoms with Crippen molar-refractivity contribution in [3.8, 4) is 5.75 Å². The molecule has 2 aromatic carbocycles. The Morgan fingerprint density at radius 2 is 2.19 bits per heavy atom. The molecule has 4 nitrogen and oxygen atoms in total. The SMILES string of the molecule is COc1cccc(NC(=O)c2ccc3ncsc3c2)c1F. The molecule has 0 saturated carbocycles. The van der Waals surface area contributed by atoms with Crippen LogP contribution < -0.4 is 10.1 Å². The van der Waals surface area contributed by atoms with Crippen molar-refractivity contribution >= 4 is 33.1 Å². The molecule has 0 fully saturated rings. The topological polar surface area (TPSA) is 51.2 Å². The minimum Gasteiger partial charge on any atom is -0.494 e. The lowest BCUT2D eigenvalue weighted by Crippen LogP contribution is -2.13. The highest BCUT2D eigenvalue weighted by atomic mass is 32.1. The van der Waals surface area contributed by atoms with E-state index in [2.05, 4.69) is 10.3 Å². The van der Waals surface area contributed by atoms with Crippen molar-refractivity contribution in [3.05, 3.63) is 53.3 Å². The minimum atomic E-state index is -0.591. The van der Waals surface area contributed by atoms with Crippen molar-refractivity contribution in [2.24, 2.45) is 0 Å². The van der Waals surface area contributed by atoms with Crippen LogP contribution in [0.3, 0.4) is 0 Å². The summed E-state index contributed by atoms with van der Waals surface area (Å²) in [5, 5.41) is 2.55. The number of fused-ring (bicyclic) bond motifs is 1. The van der Waals surface area contributed by atoms with Gasteiger partial charge in [0.05, 0.1) is 28.5 Å². The number of benzene rings is 2. The maximum atomic E-state index is 14.0. The molecular formula is C15H11FN2O2S. The molecule has 6 heteroatoms. The van der Waals surface area contributed by atoms with Gasteiger partial charge in [-0.1, -0.05) is 6.07 Å². The fraction of sp³-hybridized carbons (Fsp3) is 0.0667. The maximum absolute atomic E-state index is 14.0. The quantitative estimate of drug-likeness (QED) is 0.802. The van der Waals surface area contributed by atoms with Crippen LogP contribution in [0.2, 0.25) is 0 Å². The van der Waals surface area contributed by atoms with Crippen LogP contribution in [0.5, 0.6) is 5.75 Å². The molecule has 21 heavy (non-hydrogen) atoms. The summed E-state index contributed by atoms with van der Waals surface area (Å²) in [5.41, 5.74) is 3.09. The summed E-state index contributed by atoms with van der Waals surface area (Å²) in [6.45, 7) is 0. The molecule has 0 spiro atoms. The molecule has 0 unspecified atom stereocenters. The third-order valence-corrected chi connectivity index (χ3v) is 3.82. The van der Waals surface area contributed by atoms with E-state index in [0.717, 1.165) is 10.2 Å². The molecule has 3 aromatic rings. The number of anilines is 1. The van der Waals surface area contributed by atoms with Crippen LogP contribution in [0, 0.1) is 5.82 Å². The largest absolute Gasteiger partial charge is 0.494 e. The van der Waals surface area contributed by atoms with E-state index in [1.165, 1.54) is 30.6 Å². The van der Waals surface area contributed by atoms with Gasteiger partial charge in [-0.05, 0) is 30.3 Å². The Labute approximate surface area is 124 Å². The van der Waals surface area contributed by atoms with Gasteiger partial charge in [-0.2, -0.15) is 0 Å². The summed E-state index contributed by atoms with van der Waals surface area (Å²) in [7, 11) is 1.38. The van der Waals surface area contributed by atoms with Crippen LogP contribution in [0.15, 0.2) is 41.9 Å². The molecular weight excluding hydrogens is 291 g/mol. The Bertz CT molecular complexity index is 816. The number of carbonyl (C=O) groups excluding carboxylic acids is 1. The van der Waals surface area contributed by atoms with Crippen molar-refractivity contribution in [1.29, 1.82) is 0 Å². The van der Waals surface area contributed by atoms with Gasteiger partial charge in [0.2, 0.25) is 0 Å². The van der Waals surface area contributed by atoms with E-state index in [4.69, 9.17) is 4.74 Å². The third kappa shape index (κ3) is 2.57. The summed E-state index contributed by atoms with van der Waals surface area (Å²) in [6.07, 6.45) is 0. The van der Waals surface area contributed by atoms with E-state index in [9.17, 15) is 9.18 Å². The van der Waals surface area contributed by atoms with Gasteiger partial charge in [-0.15, -0.1) is 11.3 Å². The number of aromatic nitrogens is 1. The zero-order chi connectivity index (χ0) is 14.8. The summed E-state index contributed by atoms with van der Waals surface area (Å²) in [4.78, 5) is 16.3. The Kier molecular flexibility index (Phi) is 3.53. The molecule has 0 aliphatic carbocycles. The lowest BCUT2D eigenvalue weighted by Gasteiger charge is -2.09. The Hall–Kier alpha value is -2.47. The predicted molar refractivity (Wildman–Crippen MR) is 80.5 cm³/mol. The van der Waals surface area contributed by atoms with Gasteiger partial charge in [-0.3, -0.25) is 4.79 Å². The monoisotopic (exact) mass is 302 g/mol. The highest BCUT2D eigenvalue weighted by molar-refractivity contribution is 7.16. The number of nitrogens with zero attached hydrogens (tertiary/aromatic N) is 1. The summed E-state index contributed by atoms with van der Waals surface area (Å²) in [5.74, 6) is -0.879. The number of nitrogens with one attached hydrogen (secondary N) is 1. The van der Waals surface area contributed by atoms with Crippen molar-refractivity contribution in [3.63, 3.8) is 0 Å². The molecule has 1 heterocycles. The molecule has 0 saturated heterocycles. The third-order valence-electron chi connectivity index (χ3n) is 3.02. The number of amides is 1. The van der Waals surface area contributed by atoms with Gasteiger partial charge in [0.25, 0.3) is 5.91 Å². The Morgan fingerprint density at radius 1 is 1.33 bits per heavy atom. The molecule has 3 rings (SSSR count). The second-order valence-electron chi connectivity index (χ2n) is 4.31. The van der Waals surface area contributed by atoms with Crippen LogP contribution >= 0.6 is 11.3 Å². The second kappa shape index (κ2) is 5.49. The predicted octanol–water partition coefficient (Wildman–Crippen LogP) is 3.70. The zero-order valence-electron chi connectivity index (χ0n) is 11.1. The smallest absolute Gasteiger partial charge is 0.255 e. The molecule has 1 amide bonds. The Balaban J connectivity index is 1.89. The van der Waals surface area contributed by atoms with Crippen LogP contribution in [0.4, 0.5) is 10.1 Å². The Morgan fingerprint density at radius 3 is 3.00 bits per heavy atom. The fourth-order valence-corrected chi connectivity index (χ4v) is 2.67. The first kappa shape index (κ1) is 13.5. The number of methoxy groups -OCH3 is 1. The zero-order valence-corrected chi connectivity index (χ0v) is 11.9. The first-order chi connectivity index (χ1) is 10.2. The van der Waals surface area contributed by atoms with Crippen LogP contribution in [-0.2, 0) is 0 Å². The molecule has 0 aliphatic heterocycles. The van der Waals surface area contributed by atoms with Crippen LogP contribution in [0.1, 0.15) is 10.4 Å². The molecule has 0 radical (unpaired) electrons. The summed E-state index contributed by atoms with van der Waals surface area (Å²) < 4.78 is 19.8. The highest BCUT2D eigenvalue weighted by Crippen LogP contribution is 2.25. The first-order valence-electron chi connectivity index (χ1n) is 6.16. The number of halogens is 1. The van der Waals surface area contributed by atoms with E-state index in [-0.39, 0.29) is 17.3 Å². The number of carbonyl (C=O) groups is 1. The second-order valence-corrected chi connectivity index (χ2v) is 5.20. The van der Waals surface area contributed by atoms with Gasteiger partial charge in [0.15, 0.2) is 11.6 Å². The molecule has 0 bridgehead atoms. The van der Waals surface area contributed by atoms with Gasteiger partial charge >= 0.3 is 0 Å². The van der Waals surface area contributed by atoms with Crippen molar-refractivity contribution in [2.45, 2.75) is 0 Å². The summed E-state index contributed by atoms with van der Waals surface area (Å²) in [6, 6.07) is 9.76. The lowest BCUT2D eigenvalue weighted by atomic mass is 10.2. The number of thiazole rings is 1. The molecule has 1 aromatic heterocycles. The van der Waals surface area contributed by atoms with Crippen molar-refractivity contribution in [1.82, 2.24) is 4.98 Å². The van der Waals surface area contributed by atoms with Gasteiger partial charge < -0.3 is 10.1 Å². The van der Waals surface area contributed by atoms with Crippen molar-refractivity contribution in [2.75, 3.05) is 12.4 Å². The normalized spacial score (nSPS) is 10.6. The highest BCUT2D eigenvalue weighted by Gasteiger charge is 2.13. The number of rotatable bonds is 3. The first-order valence-corrected chi connectivity index (χ1v) is 7.04. The molecule has 1 N–H and O–H groups in total. The van der Waals surface area contributed by atoms with Crippen LogP contribution in [-0.4, -0.2) is 18.0 Å². The number of hydrogen-bond acceptors (Lipinski definition) is 4. The van der Waals surface area contributed by atoms with Gasteiger partial charge in [0, 0.05) is 5.56 Å².